The molecule has 0 aromatic heterocycles. The van der Waals surface area contributed by atoms with Gasteiger partial charge in [-0.2, -0.15) is 0 Å². The minimum atomic E-state index is -2.17. The van der Waals surface area contributed by atoms with Crippen molar-refractivity contribution < 1.29 is 23.5 Å². The van der Waals surface area contributed by atoms with E-state index in [0.717, 1.165) is 11.8 Å². The number of benzene rings is 1. The van der Waals surface area contributed by atoms with E-state index in [-0.39, 0.29) is 24.0 Å². The van der Waals surface area contributed by atoms with Crippen molar-refractivity contribution in [3.8, 4) is 0 Å². The maximum absolute atomic E-state index is 12.7. The van der Waals surface area contributed by atoms with Gasteiger partial charge < -0.3 is 18.7 Å². The molecule has 0 spiro atoms. The molecule has 6 heteroatoms. The van der Waals surface area contributed by atoms with Gasteiger partial charge in [0.05, 0.1) is 13.2 Å². The van der Waals surface area contributed by atoms with Crippen LogP contribution in [0.1, 0.15) is 39.7 Å². The summed E-state index contributed by atoms with van der Waals surface area (Å²) in [4.78, 5) is 23.8. The monoisotopic (exact) mass is 392 g/mol. The number of carbonyl (C=O) groups excluding carboxylic acids is 2. The van der Waals surface area contributed by atoms with Gasteiger partial charge in [0, 0.05) is 6.42 Å². The van der Waals surface area contributed by atoms with Crippen molar-refractivity contribution in [2.45, 2.75) is 71.1 Å². The van der Waals surface area contributed by atoms with Gasteiger partial charge in [-0.3, -0.25) is 4.79 Å². The van der Waals surface area contributed by atoms with Crippen molar-refractivity contribution in [2.24, 2.45) is 5.41 Å². The number of rotatable bonds is 8. The zero-order chi connectivity index (χ0) is 20.3. The van der Waals surface area contributed by atoms with Crippen LogP contribution >= 0.6 is 0 Å². The molecular weight excluding hydrogens is 360 g/mol. The van der Waals surface area contributed by atoms with Gasteiger partial charge in [0.15, 0.2) is 8.32 Å². The standard InChI is InChI=1S/C21H32O5Si/c1-20(2,3)27(5,6)26-18-17(12-13-22)25-19(23)21(18,4)15-24-14-16-10-8-7-9-11-16/h7-11,13,17-18H,12,14-15H2,1-6H3/t17-,18+,21-/m0/s1. The predicted molar refractivity (Wildman–Crippen MR) is 107 cm³/mol. The molecule has 1 aromatic rings. The van der Waals surface area contributed by atoms with Gasteiger partial charge in [0.25, 0.3) is 0 Å². The Morgan fingerprint density at radius 1 is 1.22 bits per heavy atom. The highest BCUT2D eigenvalue weighted by molar-refractivity contribution is 6.74. The van der Waals surface area contributed by atoms with Crippen LogP contribution in [-0.2, 0) is 30.1 Å². The van der Waals surface area contributed by atoms with Gasteiger partial charge in [-0.1, -0.05) is 51.1 Å². The fraction of sp³-hybridized carbons (Fsp3) is 0.619. The number of ether oxygens (including phenoxy) is 2. The summed E-state index contributed by atoms with van der Waals surface area (Å²) < 4.78 is 18.0. The Hall–Kier alpha value is -1.50. The van der Waals surface area contributed by atoms with E-state index in [1.165, 1.54) is 0 Å². The van der Waals surface area contributed by atoms with Crippen LogP contribution < -0.4 is 0 Å². The molecule has 0 radical (unpaired) electrons. The third kappa shape index (κ3) is 4.86. The average Bonchev–Trinajstić information content (AvgIpc) is 2.80. The van der Waals surface area contributed by atoms with Gasteiger partial charge in [0.2, 0.25) is 0 Å². The first-order valence-electron chi connectivity index (χ1n) is 9.45. The lowest BCUT2D eigenvalue weighted by molar-refractivity contribution is -0.151. The molecule has 0 aliphatic carbocycles. The number of hydrogen-bond acceptors (Lipinski definition) is 5. The summed E-state index contributed by atoms with van der Waals surface area (Å²) in [7, 11) is -2.17. The summed E-state index contributed by atoms with van der Waals surface area (Å²) >= 11 is 0. The molecule has 0 amide bonds. The van der Waals surface area contributed by atoms with Crippen LogP contribution in [0.3, 0.4) is 0 Å². The van der Waals surface area contributed by atoms with E-state index < -0.39 is 25.9 Å². The Balaban J connectivity index is 2.18. The van der Waals surface area contributed by atoms with E-state index in [4.69, 9.17) is 13.9 Å². The molecule has 1 aromatic carbocycles. The summed E-state index contributed by atoms with van der Waals surface area (Å²) in [6.07, 6.45) is -0.128. The summed E-state index contributed by atoms with van der Waals surface area (Å²) in [6.45, 7) is 13.1. The first kappa shape index (κ1) is 21.8. The summed E-state index contributed by atoms with van der Waals surface area (Å²) in [5.74, 6) is -0.355. The quantitative estimate of drug-likeness (QED) is 0.378. The van der Waals surface area contributed by atoms with Crippen molar-refractivity contribution in [1.29, 1.82) is 0 Å². The van der Waals surface area contributed by atoms with Crippen molar-refractivity contribution >= 4 is 20.6 Å². The van der Waals surface area contributed by atoms with Crippen LogP contribution in [-0.4, -0.2) is 39.4 Å². The summed E-state index contributed by atoms with van der Waals surface area (Å²) in [5, 5.41) is -0.0177. The van der Waals surface area contributed by atoms with Gasteiger partial charge in [-0.15, -0.1) is 0 Å². The second-order valence-electron chi connectivity index (χ2n) is 9.04. The first-order chi connectivity index (χ1) is 12.5. The van der Waals surface area contributed by atoms with Gasteiger partial charge in [-0.25, -0.2) is 0 Å². The van der Waals surface area contributed by atoms with Crippen LogP contribution in [0.4, 0.5) is 0 Å². The van der Waals surface area contributed by atoms with Gasteiger partial charge in [-0.05, 0) is 30.6 Å². The second kappa shape index (κ2) is 8.25. The van der Waals surface area contributed by atoms with Crippen molar-refractivity contribution in [1.82, 2.24) is 0 Å². The predicted octanol–water partition coefficient (Wildman–Crippen LogP) is 4.11. The zero-order valence-corrected chi connectivity index (χ0v) is 18.3. The first-order valence-corrected chi connectivity index (χ1v) is 12.4. The largest absolute Gasteiger partial charge is 0.459 e. The number of cyclic esters (lactones) is 1. The molecule has 1 heterocycles. The maximum atomic E-state index is 12.7. The number of aldehydes is 1. The van der Waals surface area contributed by atoms with Gasteiger partial charge in [0.1, 0.15) is 23.9 Å². The zero-order valence-electron chi connectivity index (χ0n) is 17.3. The molecule has 0 N–H and O–H groups in total. The Kier molecular flexibility index (Phi) is 6.66. The van der Waals surface area contributed by atoms with E-state index >= 15 is 0 Å². The van der Waals surface area contributed by atoms with E-state index in [2.05, 4.69) is 33.9 Å². The molecule has 1 saturated heterocycles. The average molecular weight is 393 g/mol. The molecule has 0 saturated carbocycles. The molecule has 1 fully saturated rings. The Morgan fingerprint density at radius 2 is 1.85 bits per heavy atom. The van der Waals surface area contributed by atoms with Crippen LogP contribution in [0.25, 0.3) is 0 Å². The molecule has 1 aliphatic rings. The number of carbonyl (C=O) groups is 2. The fourth-order valence-electron chi connectivity index (χ4n) is 2.92. The van der Waals surface area contributed by atoms with Crippen molar-refractivity contribution in [3.05, 3.63) is 35.9 Å². The van der Waals surface area contributed by atoms with Crippen LogP contribution in [0.15, 0.2) is 30.3 Å². The lowest BCUT2D eigenvalue weighted by atomic mass is 9.84. The van der Waals surface area contributed by atoms with Crippen molar-refractivity contribution in [3.63, 3.8) is 0 Å². The molecular formula is C21H32O5Si. The van der Waals surface area contributed by atoms with Gasteiger partial charge >= 0.3 is 5.97 Å². The topological polar surface area (TPSA) is 61.8 Å². The summed E-state index contributed by atoms with van der Waals surface area (Å²) in [6, 6.07) is 9.82. The lowest BCUT2D eigenvalue weighted by Crippen LogP contribution is -2.52. The third-order valence-electron chi connectivity index (χ3n) is 5.76. The lowest BCUT2D eigenvalue weighted by Gasteiger charge is -2.42. The molecule has 27 heavy (non-hydrogen) atoms. The Morgan fingerprint density at radius 3 is 2.41 bits per heavy atom. The highest BCUT2D eigenvalue weighted by atomic mass is 28.4. The molecule has 5 nitrogen and oxygen atoms in total. The molecule has 2 rings (SSSR count). The summed E-state index contributed by atoms with van der Waals surface area (Å²) in [5.41, 5.74) is 0.108. The van der Waals surface area contributed by atoms with Crippen LogP contribution in [0, 0.1) is 5.41 Å². The number of hydrogen-bond donors (Lipinski definition) is 0. The minimum Gasteiger partial charge on any atom is -0.459 e. The highest BCUT2D eigenvalue weighted by Gasteiger charge is 2.57. The number of esters is 1. The molecule has 1 aliphatic heterocycles. The smallest absolute Gasteiger partial charge is 0.317 e. The SMILES string of the molecule is CC(C)(C)[Si](C)(C)O[C@@H]1[C@H](CC=O)OC(=O)[C@@]1(C)COCc1ccccc1. The minimum absolute atomic E-state index is 0.0177. The Labute approximate surface area is 163 Å². The third-order valence-corrected chi connectivity index (χ3v) is 10.2. The molecule has 0 bridgehead atoms. The highest BCUT2D eigenvalue weighted by Crippen LogP contribution is 2.44. The second-order valence-corrected chi connectivity index (χ2v) is 13.8. The normalized spacial score (nSPS) is 26.1. The fourth-order valence-corrected chi connectivity index (χ4v) is 4.32. The molecule has 0 unspecified atom stereocenters. The molecule has 3 atom stereocenters. The van der Waals surface area contributed by atoms with Crippen LogP contribution in [0.5, 0.6) is 0 Å². The van der Waals surface area contributed by atoms with Crippen molar-refractivity contribution in [2.75, 3.05) is 6.61 Å². The van der Waals surface area contributed by atoms with E-state index in [0.29, 0.717) is 6.61 Å². The van der Waals surface area contributed by atoms with E-state index in [1.807, 2.05) is 37.3 Å². The van der Waals surface area contributed by atoms with Crippen LogP contribution in [0.2, 0.25) is 18.1 Å². The molecule has 150 valence electrons. The Bertz CT molecular complexity index is 652. The maximum Gasteiger partial charge on any atom is 0.317 e. The van der Waals surface area contributed by atoms with E-state index in [1.54, 1.807) is 0 Å². The van der Waals surface area contributed by atoms with E-state index in [9.17, 15) is 9.59 Å².